The minimum Gasteiger partial charge on any atom is -0.366 e. The van der Waals surface area contributed by atoms with E-state index in [4.69, 9.17) is 5.84 Å². The zero-order valence-electron chi connectivity index (χ0n) is 10.8. The van der Waals surface area contributed by atoms with Gasteiger partial charge in [0.25, 0.3) is 0 Å². The van der Waals surface area contributed by atoms with Crippen LogP contribution >= 0.6 is 0 Å². The smallest absolute Gasteiger partial charge is 0.140 e. The Kier molecular flexibility index (Phi) is 4.30. The quantitative estimate of drug-likeness (QED) is 0.640. The number of hydrogen-bond donors (Lipinski definition) is 2. The van der Waals surface area contributed by atoms with E-state index in [9.17, 15) is 4.39 Å². The summed E-state index contributed by atoms with van der Waals surface area (Å²) < 4.78 is 13.3. The monoisotopic (exact) mass is 260 g/mol. The lowest BCUT2D eigenvalue weighted by Crippen LogP contribution is -2.23. The van der Waals surface area contributed by atoms with Gasteiger partial charge in [0, 0.05) is 12.2 Å². The van der Waals surface area contributed by atoms with Crippen molar-refractivity contribution in [3.8, 4) is 0 Å². The van der Waals surface area contributed by atoms with E-state index in [1.54, 1.807) is 12.1 Å². The molecule has 1 aromatic heterocycles. The number of nitrogens with two attached hydrogens (primary N) is 1. The summed E-state index contributed by atoms with van der Waals surface area (Å²) in [5.74, 6) is 5.72. The second-order valence-corrected chi connectivity index (χ2v) is 4.15. The van der Waals surface area contributed by atoms with Crippen molar-refractivity contribution < 1.29 is 4.39 Å². The molecule has 19 heavy (non-hydrogen) atoms. The van der Waals surface area contributed by atoms with E-state index in [0.29, 0.717) is 12.4 Å². The molecule has 0 fully saturated rings. The fourth-order valence-corrected chi connectivity index (χ4v) is 1.90. The number of aromatic nitrogens is 1. The van der Waals surface area contributed by atoms with Gasteiger partial charge >= 0.3 is 0 Å². The number of halogens is 1. The fraction of sp³-hybridized carbons (Fsp3) is 0.214. The second kappa shape index (κ2) is 6.15. The third-order valence-electron chi connectivity index (χ3n) is 2.86. The largest absolute Gasteiger partial charge is 0.366 e. The number of hydrazine groups is 1. The first-order valence-electron chi connectivity index (χ1n) is 6.16. The van der Waals surface area contributed by atoms with Crippen LogP contribution in [0.25, 0.3) is 0 Å². The van der Waals surface area contributed by atoms with Gasteiger partial charge in [-0.3, -0.25) is 0 Å². The van der Waals surface area contributed by atoms with Gasteiger partial charge in [0.15, 0.2) is 0 Å². The molecule has 0 aliphatic heterocycles. The van der Waals surface area contributed by atoms with E-state index in [1.165, 1.54) is 12.1 Å². The number of hydrogen-bond acceptors (Lipinski definition) is 4. The molecule has 2 aromatic rings. The van der Waals surface area contributed by atoms with Crippen molar-refractivity contribution in [3.63, 3.8) is 0 Å². The SMILES string of the molecule is CCN(Cc1cccc(NN)n1)c1cccc(F)c1. The first-order valence-corrected chi connectivity index (χ1v) is 6.16. The maximum atomic E-state index is 13.3. The Balaban J connectivity index is 2.18. The molecule has 1 aromatic carbocycles. The lowest BCUT2D eigenvalue weighted by atomic mass is 10.2. The predicted octanol–water partition coefficient (Wildman–Crippen LogP) is 2.53. The number of benzene rings is 1. The average Bonchev–Trinajstić information content (AvgIpc) is 2.45. The van der Waals surface area contributed by atoms with Gasteiger partial charge in [-0.05, 0) is 37.3 Å². The Morgan fingerprint density at radius 3 is 2.74 bits per heavy atom. The Morgan fingerprint density at radius 2 is 2.05 bits per heavy atom. The van der Waals surface area contributed by atoms with Crippen LogP contribution in [0, 0.1) is 5.82 Å². The zero-order valence-corrected chi connectivity index (χ0v) is 10.8. The lowest BCUT2D eigenvalue weighted by molar-refractivity contribution is 0.626. The van der Waals surface area contributed by atoms with Crippen LogP contribution in [0.2, 0.25) is 0 Å². The molecule has 0 unspecified atom stereocenters. The van der Waals surface area contributed by atoms with E-state index in [-0.39, 0.29) is 5.82 Å². The number of anilines is 2. The molecule has 0 spiro atoms. The minimum absolute atomic E-state index is 0.235. The molecule has 0 saturated carbocycles. The van der Waals surface area contributed by atoms with Gasteiger partial charge in [0.05, 0.1) is 12.2 Å². The van der Waals surface area contributed by atoms with Crippen molar-refractivity contribution in [1.82, 2.24) is 4.98 Å². The molecule has 0 amide bonds. The van der Waals surface area contributed by atoms with Crippen molar-refractivity contribution in [2.45, 2.75) is 13.5 Å². The van der Waals surface area contributed by atoms with Crippen molar-refractivity contribution in [2.24, 2.45) is 5.84 Å². The van der Waals surface area contributed by atoms with E-state index in [1.807, 2.05) is 30.0 Å². The van der Waals surface area contributed by atoms with Gasteiger partial charge in [-0.2, -0.15) is 0 Å². The molecule has 0 aliphatic rings. The maximum Gasteiger partial charge on any atom is 0.140 e. The summed E-state index contributed by atoms with van der Waals surface area (Å²) in [7, 11) is 0. The van der Waals surface area contributed by atoms with Crippen molar-refractivity contribution in [3.05, 3.63) is 54.0 Å². The van der Waals surface area contributed by atoms with Crippen LogP contribution in [-0.2, 0) is 6.54 Å². The summed E-state index contributed by atoms with van der Waals surface area (Å²) in [5, 5.41) is 0. The summed E-state index contributed by atoms with van der Waals surface area (Å²) >= 11 is 0. The maximum absolute atomic E-state index is 13.3. The van der Waals surface area contributed by atoms with Crippen LogP contribution in [0.5, 0.6) is 0 Å². The summed E-state index contributed by atoms with van der Waals surface area (Å²) in [4.78, 5) is 6.40. The molecule has 100 valence electrons. The second-order valence-electron chi connectivity index (χ2n) is 4.15. The van der Waals surface area contributed by atoms with Gasteiger partial charge < -0.3 is 10.3 Å². The molecule has 0 radical (unpaired) electrons. The highest BCUT2D eigenvalue weighted by Crippen LogP contribution is 2.18. The molecule has 3 N–H and O–H groups in total. The normalized spacial score (nSPS) is 10.3. The Morgan fingerprint density at radius 1 is 1.26 bits per heavy atom. The van der Waals surface area contributed by atoms with Crippen molar-refractivity contribution >= 4 is 11.5 Å². The van der Waals surface area contributed by atoms with Crippen LogP contribution in [0.1, 0.15) is 12.6 Å². The number of nitrogens with one attached hydrogen (secondary N) is 1. The van der Waals surface area contributed by atoms with E-state index < -0.39 is 0 Å². The van der Waals surface area contributed by atoms with Gasteiger partial charge in [0.1, 0.15) is 11.6 Å². The molecular weight excluding hydrogens is 243 g/mol. The van der Waals surface area contributed by atoms with Crippen molar-refractivity contribution in [1.29, 1.82) is 0 Å². The highest BCUT2D eigenvalue weighted by atomic mass is 19.1. The molecular formula is C14H17FN4. The van der Waals surface area contributed by atoms with Gasteiger partial charge in [-0.1, -0.05) is 12.1 Å². The van der Waals surface area contributed by atoms with Crippen LogP contribution in [0.3, 0.4) is 0 Å². The standard InChI is InChI=1S/C14H17FN4/c1-2-19(13-7-3-5-11(15)9-13)10-12-6-4-8-14(17-12)18-16/h3-9H,2,10,16H2,1H3,(H,17,18). The van der Waals surface area contributed by atoms with Crippen LogP contribution in [0.4, 0.5) is 15.9 Å². The topological polar surface area (TPSA) is 54.2 Å². The highest BCUT2D eigenvalue weighted by Gasteiger charge is 2.07. The summed E-state index contributed by atoms with van der Waals surface area (Å²) in [5.41, 5.74) is 4.24. The van der Waals surface area contributed by atoms with E-state index in [2.05, 4.69) is 10.4 Å². The first-order chi connectivity index (χ1) is 9.22. The number of pyridine rings is 1. The molecule has 0 aliphatic carbocycles. The molecule has 0 saturated heterocycles. The fourth-order valence-electron chi connectivity index (χ4n) is 1.90. The molecule has 5 heteroatoms. The average molecular weight is 260 g/mol. The Hall–Kier alpha value is -2.14. The van der Waals surface area contributed by atoms with Gasteiger partial charge in [-0.25, -0.2) is 15.2 Å². The van der Waals surface area contributed by atoms with E-state index in [0.717, 1.165) is 17.9 Å². The number of rotatable bonds is 5. The molecule has 1 heterocycles. The number of nitrogens with zero attached hydrogens (tertiary/aromatic N) is 2. The summed E-state index contributed by atoms with van der Waals surface area (Å²) in [6.07, 6.45) is 0. The van der Waals surface area contributed by atoms with Crippen LogP contribution < -0.4 is 16.2 Å². The summed E-state index contributed by atoms with van der Waals surface area (Å²) in [6, 6.07) is 12.2. The van der Waals surface area contributed by atoms with E-state index >= 15 is 0 Å². The molecule has 4 nitrogen and oxygen atoms in total. The van der Waals surface area contributed by atoms with Gasteiger partial charge in [0.2, 0.25) is 0 Å². The van der Waals surface area contributed by atoms with Crippen LogP contribution in [-0.4, -0.2) is 11.5 Å². The van der Waals surface area contributed by atoms with Crippen molar-refractivity contribution in [2.75, 3.05) is 16.9 Å². The minimum atomic E-state index is -0.235. The summed E-state index contributed by atoms with van der Waals surface area (Å²) in [6.45, 7) is 3.40. The van der Waals surface area contributed by atoms with Gasteiger partial charge in [-0.15, -0.1) is 0 Å². The lowest BCUT2D eigenvalue weighted by Gasteiger charge is -2.23. The Labute approximate surface area is 112 Å². The third-order valence-corrected chi connectivity index (χ3v) is 2.86. The first kappa shape index (κ1) is 13.3. The Bertz CT molecular complexity index is 544. The predicted molar refractivity (Wildman–Crippen MR) is 75.2 cm³/mol. The molecule has 0 bridgehead atoms. The molecule has 2 rings (SSSR count). The third kappa shape index (κ3) is 3.42. The zero-order chi connectivity index (χ0) is 13.7. The highest BCUT2D eigenvalue weighted by molar-refractivity contribution is 5.47. The van der Waals surface area contributed by atoms with Crippen LogP contribution in [0.15, 0.2) is 42.5 Å². The molecule has 0 atom stereocenters. The number of nitrogen functional groups attached to an aromatic ring is 1.